The van der Waals surface area contributed by atoms with E-state index in [9.17, 15) is 5.11 Å². The fraction of sp³-hybridized carbons (Fsp3) is 0.300. The van der Waals surface area contributed by atoms with Crippen LogP contribution in [0, 0.1) is 0 Å². The Labute approximate surface area is 90.5 Å². The van der Waals surface area contributed by atoms with Crippen molar-refractivity contribution in [1.82, 2.24) is 9.55 Å². The fourth-order valence-corrected chi connectivity index (χ4v) is 2.34. The number of hydrogen-bond donors (Lipinski definition) is 1. The van der Waals surface area contributed by atoms with Gasteiger partial charge in [-0.25, -0.2) is 4.98 Å². The Morgan fingerprint density at radius 2 is 2.14 bits per heavy atom. The molecule has 0 radical (unpaired) electrons. The van der Waals surface area contributed by atoms with Gasteiger partial charge in [-0.3, -0.25) is 0 Å². The molecule has 14 heavy (non-hydrogen) atoms. The predicted octanol–water partition coefficient (Wildman–Crippen LogP) is 3.09. The van der Waals surface area contributed by atoms with E-state index in [2.05, 4.69) is 39.3 Å². The van der Waals surface area contributed by atoms with Crippen LogP contribution in [0.25, 0.3) is 11.0 Å². The molecule has 0 bridgehead atoms. The maximum atomic E-state index is 9.30. The van der Waals surface area contributed by atoms with E-state index < -0.39 is 0 Å². The van der Waals surface area contributed by atoms with E-state index in [0.717, 1.165) is 15.8 Å². The molecule has 0 amide bonds. The third kappa shape index (κ3) is 1.39. The lowest BCUT2D eigenvalue weighted by molar-refractivity contribution is 0.476. The minimum atomic E-state index is 0.249. The van der Waals surface area contributed by atoms with Gasteiger partial charge in [0.1, 0.15) is 5.75 Å². The number of phenols is 1. The zero-order chi connectivity index (χ0) is 10.3. The first kappa shape index (κ1) is 9.52. The average Bonchev–Trinajstić information content (AvgIpc) is 2.39. The molecule has 0 saturated carbocycles. The Kier molecular flexibility index (Phi) is 2.23. The molecular weight excluding hydrogens is 244 g/mol. The lowest BCUT2D eigenvalue weighted by atomic mass is 10.3. The Morgan fingerprint density at radius 1 is 1.43 bits per heavy atom. The predicted molar refractivity (Wildman–Crippen MR) is 59.5 cm³/mol. The molecule has 0 fully saturated rings. The standard InChI is InChI=1S/C10H11BrN2O/c1-6(2)13-9-4-3-7(14)5-8(9)12-10(13)11/h3-6,14H,1-2H3. The number of halogens is 1. The van der Waals surface area contributed by atoms with E-state index in [4.69, 9.17) is 0 Å². The molecule has 0 aliphatic carbocycles. The number of aromatic hydroxyl groups is 1. The van der Waals surface area contributed by atoms with Crippen molar-refractivity contribution in [2.24, 2.45) is 0 Å². The second-order valence-electron chi connectivity index (χ2n) is 3.52. The van der Waals surface area contributed by atoms with E-state index >= 15 is 0 Å². The minimum Gasteiger partial charge on any atom is -0.508 e. The summed E-state index contributed by atoms with van der Waals surface area (Å²) in [6.45, 7) is 4.19. The first-order valence-corrected chi connectivity index (χ1v) is 5.25. The van der Waals surface area contributed by atoms with Gasteiger partial charge in [0.05, 0.1) is 11.0 Å². The molecule has 0 aliphatic heterocycles. The number of hydrogen-bond acceptors (Lipinski definition) is 2. The number of rotatable bonds is 1. The quantitative estimate of drug-likeness (QED) is 0.850. The third-order valence-corrected chi connectivity index (χ3v) is 2.71. The van der Waals surface area contributed by atoms with Gasteiger partial charge in [0.25, 0.3) is 0 Å². The van der Waals surface area contributed by atoms with E-state index in [1.54, 1.807) is 12.1 Å². The highest BCUT2D eigenvalue weighted by Gasteiger charge is 2.10. The van der Waals surface area contributed by atoms with Gasteiger partial charge >= 0.3 is 0 Å². The molecule has 1 N–H and O–H groups in total. The van der Waals surface area contributed by atoms with Crippen LogP contribution < -0.4 is 0 Å². The number of fused-ring (bicyclic) bond motifs is 1. The van der Waals surface area contributed by atoms with Gasteiger partial charge in [-0.05, 0) is 41.9 Å². The van der Waals surface area contributed by atoms with Crippen LogP contribution in [0.1, 0.15) is 19.9 Å². The van der Waals surface area contributed by atoms with Crippen molar-refractivity contribution in [2.45, 2.75) is 19.9 Å². The largest absolute Gasteiger partial charge is 0.508 e. The highest BCUT2D eigenvalue weighted by molar-refractivity contribution is 9.10. The highest BCUT2D eigenvalue weighted by atomic mass is 79.9. The topological polar surface area (TPSA) is 38.0 Å². The van der Waals surface area contributed by atoms with Crippen molar-refractivity contribution < 1.29 is 5.11 Å². The van der Waals surface area contributed by atoms with Gasteiger partial charge in [-0.1, -0.05) is 0 Å². The van der Waals surface area contributed by atoms with Crippen LogP contribution in [0.3, 0.4) is 0 Å². The van der Waals surface area contributed by atoms with Crippen LogP contribution in [0.4, 0.5) is 0 Å². The molecule has 0 spiro atoms. The van der Waals surface area contributed by atoms with Crippen molar-refractivity contribution in [1.29, 1.82) is 0 Å². The van der Waals surface area contributed by atoms with Crippen molar-refractivity contribution in [2.75, 3.05) is 0 Å². The SMILES string of the molecule is CC(C)n1c(Br)nc2cc(O)ccc21. The summed E-state index contributed by atoms with van der Waals surface area (Å²) in [5.74, 6) is 0.249. The molecule has 2 aromatic rings. The molecule has 1 aromatic heterocycles. The summed E-state index contributed by atoms with van der Waals surface area (Å²) in [4.78, 5) is 4.31. The van der Waals surface area contributed by atoms with E-state index in [1.165, 1.54) is 0 Å². The fourth-order valence-electron chi connectivity index (χ4n) is 1.55. The minimum absolute atomic E-state index is 0.249. The Hall–Kier alpha value is -1.03. The summed E-state index contributed by atoms with van der Waals surface area (Å²) in [5.41, 5.74) is 1.84. The van der Waals surface area contributed by atoms with Crippen molar-refractivity contribution in [3.63, 3.8) is 0 Å². The van der Waals surface area contributed by atoms with Crippen molar-refractivity contribution in [3.8, 4) is 5.75 Å². The van der Waals surface area contributed by atoms with Crippen molar-refractivity contribution >= 4 is 27.0 Å². The van der Waals surface area contributed by atoms with Crippen LogP contribution in [-0.4, -0.2) is 14.7 Å². The molecule has 3 nitrogen and oxygen atoms in total. The number of aromatic nitrogens is 2. The second-order valence-corrected chi connectivity index (χ2v) is 4.23. The number of imidazole rings is 1. The molecule has 1 heterocycles. The summed E-state index contributed by atoms with van der Waals surface area (Å²) in [7, 11) is 0. The maximum absolute atomic E-state index is 9.30. The van der Waals surface area contributed by atoms with Crippen LogP contribution in [0.2, 0.25) is 0 Å². The summed E-state index contributed by atoms with van der Waals surface area (Å²) in [6, 6.07) is 5.57. The van der Waals surface area contributed by atoms with E-state index in [-0.39, 0.29) is 5.75 Å². The average molecular weight is 255 g/mol. The Bertz CT molecular complexity index is 476. The molecule has 0 saturated heterocycles. The molecular formula is C10H11BrN2O. The van der Waals surface area contributed by atoms with Gasteiger partial charge < -0.3 is 9.67 Å². The van der Waals surface area contributed by atoms with E-state index in [0.29, 0.717) is 6.04 Å². The zero-order valence-electron chi connectivity index (χ0n) is 8.03. The number of nitrogens with zero attached hydrogens (tertiary/aromatic N) is 2. The van der Waals surface area contributed by atoms with Gasteiger partial charge in [-0.15, -0.1) is 0 Å². The van der Waals surface area contributed by atoms with Gasteiger partial charge in [0, 0.05) is 12.1 Å². The number of phenolic OH excluding ortho intramolecular Hbond substituents is 1. The molecule has 0 aliphatic rings. The zero-order valence-corrected chi connectivity index (χ0v) is 9.62. The van der Waals surface area contributed by atoms with Crippen LogP contribution >= 0.6 is 15.9 Å². The Morgan fingerprint density at radius 3 is 2.79 bits per heavy atom. The van der Waals surface area contributed by atoms with Crippen molar-refractivity contribution in [3.05, 3.63) is 22.9 Å². The van der Waals surface area contributed by atoms with Gasteiger partial charge in [-0.2, -0.15) is 0 Å². The van der Waals surface area contributed by atoms with Crippen LogP contribution in [-0.2, 0) is 0 Å². The second kappa shape index (κ2) is 3.28. The first-order valence-electron chi connectivity index (χ1n) is 4.46. The number of benzene rings is 1. The molecule has 4 heteroatoms. The lowest BCUT2D eigenvalue weighted by Gasteiger charge is -2.09. The molecule has 0 unspecified atom stereocenters. The molecule has 2 rings (SSSR count). The monoisotopic (exact) mass is 254 g/mol. The highest BCUT2D eigenvalue weighted by Crippen LogP contribution is 2.26. The van der Waals surface area contributed by atoms with Crippen LogP contribution in [0.5, 0.6) is 5.75 Å². The summed E-state index contributed by atoms with van der Waals surface area (Å²) in [5, 5.41) is 9.30. The van der Waals surface area contributed by atoms with Gasteiger partial charge in [0.2, 0.25) is 0 Å². The normalized spacial score (nSPS) is 11.4. The molecule has 1 aromatic carbocycles. The maximum Gasteiger partial charge on any atom is 0.178 e. The summed E-state index contributed by atoms with van der Waals surface area (Å²) >= 11 is 3.40. The Balaban J connectivity index is 2.77. The van der Waals surface area contributed by atoms with Gasteiger partial charge in [0.15, 0.2) is 4.73 Å². The summed E-state index contributed by atoms with van der Waals surface area (Å²) < 4.78 is 2.88. The molecule has 0 atom stereocenters. The third-order valence-electron chi connectivity index (χ3n) is 2.15. The summed E-state index contributed by atoms with van der Waals surface area (Å²) in [6.07, 6.45) is 0. The lowest BCUT2D eigenvalue weighted by Crippen LogP contribution is -2.00. The first-order chi connectivity index (χ1) is 6.59. The smallest absolute Gasteiger partial charge is 0.178 e. The molecule has 74 valence electrons. The van der Waals surface area contributed by atoms with E-state index in [1.807, 2.05) is 6.07 Å². The van der Waals surface area contributed by atoms with Crippen LogP contribution in [0.15, 0.2) is 22.9 Å².